The lowest BCUT2D eigenvalue weighted by Crippen LogP contribution is -2.46. The number of alkyl halides is 3. The molecular weight excluding hydrogens is 169 g/mol. The molecule has 1 fully saturated rings. The summed E-state index contributed by atoms with van der Waals surface area (Å²) in [4.78, 5) is 0. The van der Waals surface area contributed by atoms with Gasteiger partial charge in [0.05, 0.1) is 5.92 Å². The van der Waals surface area contributed by atoms with Crippen LogP contribution in [0.5, 0.6) is 0 Å². The molecule has 1 aliphatic heterocycles. The maximum Gasteiger partial charge on any atom is 0.393 e. The number of hydrogen-bond acceptors (Lipinski definition) is 2. The highest BCUT2D eigenvalue weighted by Crippen LogP contribution is 2.32. The van der Waals surface area contributed by atoms with Gasteiger partial charge in [0.25, 0.3) is 0 Å². The van der Waals surface area contributed by atoms with Crippen LogP contribution in [0, 0.1) is 5.92 Å². The largest absolute Gasteiger partial charge is 0.393 e. The molecule has 1 atom stereocenters. The van der Waals surface area contributed by atoms with Gasteiger partial charge in [-0.05, 0) is 19.9 Å². The van der Waals surface area contributed by atoms with Gasteiger partial charge in [-0.25, -0.2) is 5.01 Å². The molecule has 0 saturated carbocycles. The summed E-state index contributed by atoms with van der Waals surface area (Å²) >= 11 is 0. The lowest BCUT2D eigenvalue weighted by molar-refractivity contribution is -0.189. The predicted molar refractivity (Wildman–Crippen MR) is 39.4 cm³/mol. The maximum atomic E-state index is 12.2. The van der Waals surface area contributed by atoms with Crippen molar-refractivity contribution in [1.82, 2.24) is 10.4 Å². The zero-order chi connectivity index (χ0) is 9.19. The second-order valence-corrected chi connectivity index (χ2v) is 3.05. The van der Waals surface area contributed by atoms with Crippen LogP contribution in [-0.4, -0.2) is 31.3 Å². The van der Waals surface area contributed by atoms with Gasteiger partial charge in [-0.2, -0.15) is 13.2 Å². The maximum absolute atomic E-state index is 12.2. The summed E-state index contributed by atoms with van der Waals surface area (Å²) in [5.41, 5.74) is 2.74. The third-order valence-electron chi connectivity index (χ3n) is 2.20. The van der Waals surface area contributed by atoms with E-state index in [1.54, 1.807) is 12.1 Å². The zero-order valence-corrected chi connectivity index (χ0v) is 6.99. The van der Waals surface area contributed by atoms with Crippen molar-refractivity contribution in [3.63, 3.8) is 0 Å². The lowest BCUT2D eigenvalue weighted by atomic mass is 9.99. The van der Waals surface area contributed by atoms with Gasteiger partial charge in [0.15, 0.2) is 0 Å². The Labute approximate surface area is 69.7 Å². The van der Waals surface area contributed by atoms with Gasteiger partial charge in [-0.3, -0.25) is 5.43 Å². The van der Waals surface area contributed by atoms with Gasteiger partial charge in [0.1, 0.15) is 0 Å². The van der Waals surface area contributed by atoms with Crippen molar-refractivity contribution in [3.05, 3.63) is 0 Å². The van der Waals surface area contributed by atoms with Crippen LogP contribution in [0.4, 0.5) is 13.2 Å². The van der Waals surface area contributed by atoms with Crippen LogP contribution in [0.3, 0.4) is 0 Å². The Kier molecular flexibility index (Phi) is 2.95. The minimum Gasteiger partial charge on any atom is -0.258 e. The summed E-state index contributed by atoms with van der Waals surface area (Å²) < 4.78 is 36.6. The topological polar surface area (TPSA) is 15.3 Å². The molecule has 1 aliphatic rings. The van der Waals surface area contributed by atoms with Gasteiger partial charge in [-0.1, -0.05) is 0 Å². The van der Waals surface area contributed by atoms with Crippen LogP contribution in [0.1, 0.15) is 12.8 Å². The van der Waals surface area contributed by atoms with E-state index in [2.05, 4.69) is 5.43 Å². The molecule has 1 N–H and O–H groups in total. The first-order valence-electron chi connectivity index (χ1n) is 4.03. The third-order valence-corrected chi connectivity index (χ3v) is 2.20. The molecule has 0 aliphatic carbocycles. The normalized spacial score (nSPS) is 27.5. The van der Waals surface area contributed by atoms with Crippen LogP contribution in [-0.2, 0) is 0 Å². The SMILES string of the molecule is CNN1CCCC(C(F)(F)F)C1. The molecule has 0 aromatic heterocycles. The molecule has 12 heavy (non-hydrogen) atoms. The molecule has 1 rings (SSSR count). The van der Waals surface area contributed by atoms with Gasteiger partial charge in [0.2, 0.25) is 0 Å². The highest BCUT2D eigenvalue weighted by molar-refractivity contribution is 4.75. The molecule has 72 valence electrons. The standard InChI is InChI=1S/C7H13F3N2/c1-11-12-4-2-3-6(5-12)7(8,9)10/h6,11H,2-5H2,1H3. The fraction of sp³-hybridized carbons (Fsp3) is 1.00. The first-order valence-corrected chi connectivity index (χ1v) is 4.03. The number of nitrogens with zero attached hydrogens (tertiary/aromatic N) is 1. The summed E-state index contributed by atoms with van der Waals surface area (Å²) in [5.74, 6) is -1.15. The zero-order valence-electron chi connectivity index (χ0n) is 6.99. The Morgan fingerprint density at radius 1 is 1.42 bits per heavy atom. The predicted octanol–water partition coefficient (Wildman–Crippen LogP) is 1.40. The van der Waals surface area contributed by atoms with E-state index >= 15 is 0 Å². The molecule has 0 bridgehead atoms. The van der Waals surface area contributed by atoms with Crippen molar-refractivity contribution in [3.8, 4) is 0 Å². The number of halogens is 3. The Hall–Kier alpha value is -0.290. The quantitative estimate of drug-likeness (QED) is 0.659. The summed E-state index contributed by atoms with van der Waals surface area (Å²) in [7, 11) is 1.65. The van der Waals surface area contributed by atoms with Gasteiger partial charge < -0.3 is 0 Å². The number of hydrazine groups is 1. The average molecular weight is 182 g/mol. The van der Waals surface area contributed by atoms with Crippen LogP contribution in [0.2, 0.25) is 0 Å². The number of hydrogen-bond donors (Lipinski definition) is 1. The molecule has 0 amide bonds. The molecule has 0 aromatic carbocycles. The van der Waals surface area contributed by atoms with E-state index < -0.39 is 12.1 Å². The Bertz CT molecular complexity index is 146. The van der Waals surface area contributed by atoms with Gasteiger partial charge in [0, 0.05) is 13.1 Å². The van der Waals surface area contributed by atoms with Gasteiger partial charge >= 0.3 is 6.18 Å². The van der Waals surface area contributed by atoms with Crippen LogP contribution < -0.4 is 5.43 Å². The summed E-state index contributed by atoms with van der Waals surface area (Å²) in [6.07, 6.45) is -3.15. The van der Waals surface area contributed by atoms with Crippen LogP contribution in [0.15, 0.2) is 0 Å². The summed E-state index contributed by atoms with van der Waals surface area (Å²) in [6, 6.07) is 0. The molecule has 1 saturated heterocycles. The molecule has 1 unspecified atom stereocenters. The molecule has 1 heterocycles. The van der Waals surface area contributed by atoms with E-state index in [0.717, 1.165) is 0 Å². The molecular formula is C7H13F3N2. The number of rotatable bonds is 1. The lowest BCUT2D eigenvalue weighted by Gasteiger charge is -2.32. The minimum atomic E-state index is -4.03. The van der Waals surface area contributed by atoms with Crippen LogP contribution >= 0.6 is 0 Å². The van der Waals surface area contributed by atoms with E-state index in [1.807, 2.05) is 0 Å². The monoisotopic (exact) mass is 182 g/mol. The first kappa shape index (κ1) is 9.80. The third kappa shape index (κ3) is 2.35. The Balaban J connectivity index is 2.46. The average Bonchev–Trinajstić information content (AvgIpc) is 2.03. The van der Waals surface area contributed by atoms with Crippen molar-refractivity contribution < 1.29 is 13.2 Å². The molecule has 0 radical (unpaired) electrons. The second kappa shape index (κ2) is 3.62. The van der Waals surface area contributed by atoms with Crippen molar-refractivity contribution in [2.45, 2.75) is 19.0 Å². The van der Waals surface area contributed by atoms with E-state index in [0.29, 0.717) is 13.0 Å². The van der Waals surface area contributed by atoms with Crippen molar-refractivity contribution in [1.29, 1.82) is 0 Å². The van der Waals surface area contributed by atoms with Crippen LogP contribution in [0.25, 0.3) is 0 Å². The Morgan fingerprint density at radius 2 is 2.08 bits per heavy atom. The van der Waals surface area contributed by atoms with E-state index in [-0.39, 0.29) is 13.0 Å². The fourth-order valence-electron chi connectivity index (χ4n) is 1.45. The second-order valence-electron chi connectivity index (χ2n) is 3.05. The molecule has 0 aromatic rings. The van der Waals surface area contributed by atoms with Crippen molar-refractivity contribution >= 4 is 0 Å². The van der Waals surface area contributed by atoms with Crippen molar-refractivity contribution in [2.24, 2.45) is 5.92 Å². The smallest absolute Gasteiger partial charge is 0.258 e. The van der Waals surface area contributed by atoms with E-state index in [9.17, 15) is 13.2 Å². The molecule has 0 spiro atoms. The van der Waals surface area contributed by atoms with E-state index in [1.165, 1.54) is 0 Å². The van der Waals surface area contributed by atoms with E-state index in [4.69, 9.17) is 0 Å². The summed E-state index contributed by atoms with van der Waals surface area (Å²) in [5, 5.41) is 1.61. The fourth-order valence-corrected chi connectivity index (χ4v) is 1.45. The number of nitrogens with one attached hydrogen (secondary N) is 1. The van der Waals surface area contributed by atoms with Crippen molar-refractivity contribution in [2.75, 3.05) is 20.1 Å². The highest BCUT2D eigenvalue weighted by atomic mass is 19.4. The summed E-state index contributed by atoms with van der Waals surface area (Å²) in [6.45, 7) is 0.795. The highest BCUT2D eigenvalue weighted by Gasteiger charge is 2.41. The molecule has 5 heteroatoms. The minimum absolute atomic E-state index is 0.0833. The molecule has 2 nitrogen and oxygen atoms in total. The van der Waals surface area contributed by atoms with Gasteiger partial charge in [-0.15, -0.1) is 0 Å². The first-order chi connectivity index (χ1) is 5.54. The number of piperidine rings is 1. The Morgan fingerprint density at radius 3 is 2.58 bits per heavy atom.